The van der Waals surface area contributed by atoms with E-state index in [4.69, 9.17) is 0 Å². The van der Waals surface area contributed by atoms with Gasteiger partial charge in [-0.3, -0.25) is 0 Å². The molecule has 0 radical (unpaired) electrons. The molecule has 0 saturated carbocycles. The zero-order valence-corrected chi connectivity index (χ0v) is 34.2. The SMILES string of the molecule is CCC1=Cc2c(-c3c(C)cc(C)cc3C)cccc2[CH]1[Zr+2]([CH]1C(CC)=Cc2c(-c3c(C)cc(C)cc3C)cccc21)=[Si](C)C.[Cl-].[Cl-]. The second-order valence-electron chi connectivity index (χ2n) is 13.6. The van der Waals surface area contributed by atoms with Crippen LogP contribution in [-0.2, 0) is 20.4 Å². The molecule has 4 heteroatoms. The Hall–Kier alpha value is -1.96. The molecular weight excluding hydrogens is 695 g/mol. The third kappa shape index (κ3) is 6.30. The summed E-state index contributed by atoms with van der Waals surface area (Å²) in [5.41, 5.74) is 23.3. The molecule has 0 nitrogen and oxygen atoms in total. The molecule has 0 N–H and O–H groups in total. The van der Waals surface area contributed by atoms with Crippen LogP contribution in [0.4, 0.5) is 0 Å². The summed E-state index contributed by atoms with van der Waals surface area (Å²) in [4.78, 5) is 0. The summed E-state index contributed by atoms with van der Waals surface area (Å²) < 4.78 is 1.31. The molecule has 4 aromatic rings. The first-order valence-corrected chi connectivity index (χ1v) is 25.6. The summed E-state index contributed by atoms with van der Waals surface area (Å²) in [7, 11) is 0. The average molecular weight is 743 g/mol. The van der Waals surface area contributed by atoms with Crippen LogP contribution >= 0.6 is 0 Å². The van der Waals surface area contributed by atoms with Gasteiger partial charge in [0.25, 0.3) is 0 Å². The average Bonchev–Trinajstić information content (AvgIpc) is 3.52. The fourth-order valence-electron chi connectivity index (χ4n) is 8.67. The van der Waals surface area contributed by atoms with E-state index in [1.807, 2.05) is 0 Å². The monoisotopic (exact) mass is 740 g/mol. The smallest absolute Gasteiger partial charge is 1.00 e. The summed E-state index contributed by atoms with van der Waals surface area (Å²) in [5.74, 6) is 0. The van der Waals surface area contributed by atoms with Crippen molar-refractivity contribution >= 4 is 17.6 Å². The Morgan fingerprint density at radius 3 is 1.22 bits per heavy atom. The molecule has 6 rings (SSSR count). The molecule has 0 aliphatic heterocycles. The van der Waals surface area contributed by atoms with Crippen molar-refractivity contribution in [2.45, 2.75) is 88.6 Å². The Kier molecular flexibility index (Phi) is 11.7. The van der Waals surface area contributed by atoms with Gasteiger partial charge in [0.2, 0.25) is 0 Å². The van der Waals surface area contributed by atoms with Gasteiger partial charge in [0.15, 0.2) is 0 Å². The predicted octanol–water partition coefficient (Wildman–Crippen LogP) is 6.14. The first-order valence-electron chi connectivity index (χ1n) is 16.6. The molecule has 2 aliphatic rings. The maximum absolute atomic E-state index is 2.66. The number of hydrogen-bond donors (Lipinski definition) is 0. The molecule has 0 spiro atoms. The minimum atomic E-state index is -2.18. The van der Waals surface area contributed by atoms with Crippen LogP contribution < -0.4 is 24.8 Å². The van der Waals surface area contributed by atoms with E-state index in [0.717, 1.165) is 12.8 Å². The quantitative estimate of drug-likeness (QED) is 0.208. The van der Waals surface area contributed by atoms with Gasteiger partial charge in [-0.2, -0.15) is 0 Å². The minimum Gasteiger partial charge on any atom is -1.00 e. The summed E-state index contributed by atoms with van der Waals surface area (Å²) in [6.45, 7) is 23.8. The molecule has 4 aromatic carbocycles. The molecule has 0 saturated heterocycles. The normalized spacial score (nSPS) is 15.9. The van der Waals surface area contributed by atoms with E-state index in [2.05, 4.69) is 141 Å². The fourth-order valence-corrected chi connectivity index (χ4v) is 29.4. The van der Waals surface area contributed by atoms with E-state index in [1.54, 1.807) is 22.3 Å². The second-order valence-corrected chi connectivity index (χ2v) is 31.5. The van der Waals surface area contributed by atoms with Gasteiger partial charge >= 0.3 is 276 Å². The largest absolute Gasteiger partial charge is 1.00 e. The van der Waals surface area contributed by atoms with Crippen LogP contribution in [0.25, 0.3) is 34.4 Å². The maximum Gasteiger partial charge on any atom is -1.00 e. The van der Waals surface area contributed by atoms with E-state index >= 15 is 0 Å². The van der Waals surface area contributed by atoms with Gasteiger partial charge in [0.1, 0.15) is 0 Å². The van der Waals surface area contributed by atoms with Crippen LogP contribution in [0.3, 0.4) is 0 Å². The molecule has 0 fully saturated rings. The molecule has 2 aliphatic carbocycles. The Balaban J connectivity index is 0.00000240. The number of benzene rings is 4. The molecular formula is C42H48Cl2SiZr. The van der Waals surface area contributed by atoms with Crippen molar-refractivity contribution in [1.29, 1.82) is 0 Å². The van der Waals surface area contributed by atoms with E-state index in [9.17, 15) is 0 Å². The molecule has 46 heavy (non-hydrogen) atoms. The van der Waals surface area contributed by atoms with Crippen molar-refractivity contribution in [3.63, 3.8) is 0 Å². The third-order valence-electron chi connectivity index (χ3n) is 10.2. The van der Waals surface area contributed by atoms with Crippen LogP contribution in [0, 0.1) is 41.5 Å². The van der Waals surface area contributed by atoms with Crippen LogP contribution in [0.15, 0.2) is 71.8 Å². The van der Waals surface area contributed by atoms with Crippen LogP contribution in [-0.4, -0.2) is 5.43 Å². The van der Waals surface area contributed by atoms with Gasteiger partial charge in [-0.25, -0.2) is 0 Å². The second kappa shape index (κ2) is 14.7. The standard InChI is InChI=1S/2C20H21.C2H6Si.2ClH.Zr/c2*1-5-16-11-17-7-6-8-18(19(17)12-16)20-14(3)9-13(2)10-15(20)4;1-3-2;;;/h2*6-12H,5H2,1-4H3;1-2H3;2*1H;/q;;;;;+2/p-2. The molecule has 238 valence electrons. The first kappa shape index (κ1) is 36.9. The molecule has 0 amide bonds. The maximum atomic E-state index is 2.66. The van der Waals surface area contributed by atoms with Crippen molar-refractivity contribution in [3.8, 4) is 22.3 Å². The summed E-state index contributed by atoms with van der Waals surface area (Å²) in [6, 6.07) is 24.0. The Bertz CT molecular complexity index is 1740. The number of hydrogen-bond acceptors (Lipinski definition) is 0. The fraction of sp³-hybridized carbons (Fsp3) is 0.333. The Morgan fingerprint density at radius 2 is 0.913 bits per heavy atom. The Labute approximate surface area is 298 Å². The van der Waals surface area contributed by atoms with Gasteiger partial charge in [-0.1, -0.05) is 0 Å². The zero-order chi connectivity index (χ0) is 31.4. The van der Waals surface area contributed by atoms with E-state index in [1.165, 1.54) is 66.8 Å². The van der Waals surface area contributed by atoms with Crippen molar-refractivity contribution in [1.82, 2.24) is 0 Å². The van der Waals surface area contributed by atoms with Crippen molar-refractivity contribution in [3.05, 3.63) is 127 Å². The topological polar surface area (TPSA) is 0 Å². The summed E-state index contributed by atoms with van der Waals surface area (Å²) in [6.07, 6.45) is 7.58. The van der Waals surface area contributed by atoms with Crippen LogP contribution in [0.2, 0.25) is 13.1 Å². The number of fused-ring (bicyclic) bond motifs is 2. The molecule has 2 unspecified atom stereocenters. The van der Waals surface area contributed by atoms with Crippen molar-refractivity contribution in [2.75, 3.05) is 0 Å². The minimum absolute atomic E-state index is 0. The predicted molar refractivity (Wildman–Crippen MR) is 192 cm³/mol. The van der Waals surface area contributed by atoms with Crippen LogP contribution in [0.1, 0.15) is 89.6 Å². The molecule has 2 atom stereocenters. The third-order valence-corrected chi connectivity index (χ3v) is 29.7. The molecule has 0 bridgehead atoms. The number of allylic oxidation sites excluding steroid dienone is 2. The number of aryl methyl sites for hydroxylation is 6. The van der Waals surface area contributed by atoms with E-state index in [0.29, 0.717) is 7.25 Å². The van der Waals surface area contributed by atoms with Gasteiger partial charge in [-0.05, 0) is 0 Å². The van der Waals surface area contributed by atoms with Gasteiger partial charge in [-0.15, -0.1) is 0 Å². The summed E-state index contributed by atoms with van der Waals surface area (Å²) in [5, 5.41) is 0. The molecule has 0 aromatic heterocycles. The van der Waals surface area contributed by atoms with Crippen LogP contribution in [0.5, 0.6) is 0 Å². The van der Waals surface area contributed by atoms with Gasteiger partial charge < -0.3 is 24.8 Å². The number of halogens is 2. The van der Waals surface area contributed by atoms with Gasteiger partial charge in [0.05, 0.1) is 0 Å². The number of rotatable bonds is 6. The molecule has 0 heterocycles. The first-order chi connectivity index (χ1) is 21.0. The van der Waals surface area contributed by atoms with Crippen molar-refractivity contribution < 1.29 is 45.2 Å². The Morgan fingerprint density at radius 1 is 0.565 bits per heavy atom. The summed E-state index contributed by atoms with van der Waals surface area (Å²) >= 11 is -2.18. The zero-order valence-electron chi connectivity index (χ0n) is 29.3. The van der Waals surface area contributed by atoms with Gasteiger partial charge in [0, 0.05) is 0 Å². The van der Waals surface area contributed by atoms with Crippen molar-refractivity contribution in [2.24, 2.45) is 0 Å². The van der Waals surface area contributed by atoms with E-state index in [-0.39, 0.29) is 24.8 Å². The van der Waals surface area contributed by atoms with E-state index < -0.39 is 25.8 Å².